The first-order valence-corrected chi connectivity index (χ1v) is 12.3. The predicted octanol–water partition coefficient (Wildman–Crippen LogP) is 3.24. The van der Waals surface area contributed by atoms with E-state index in [0.717, 1.165) is 38.5 Å². The molecule has 33 heavy (non-hydrogen) atoms. The Morgan fingerprint density at radius 2 is 1.91 bits per heavy atom. The van der Waals surface area contributed by atoms with E-state index in [4.69, 9.17) is 14.9 Å². The number of amidine groups is 1. The van der Waals surface area contributed by atoms with Crippen LogP contribution in [0.15, 0.2) is 24.1 Å². The molecule has 0 bridgehead atoms. The molecule has 1 aliphatic heterocycles. The highest BCUT2D eigenvalue weighted by Crippen LogP contribution is 2.32. The number of carbonyl (C=O) groups is 2. The number of hydrogen-bond donors (Lipinski definition) is 3. The molecule has 0 aromatic carbocycles. The molecule has 0 radical (unpaired) electrons. The van der Waals surface area contributed by atoms with Gasteiger partial charge in [-0.25, -0.2) is 0 Å². The molecule has 1 atom stereocenters. The van der Waals surface area contributed by atoms with Crippen LogP contribution in [0, 0.1) is 11.3 Å². The van der Waals surface area contributed by atoms with Gasteiger partial charge in [-0.05, 0) is 57.9 Å². The van der Waals surface area contributed by atoms with Crippen LogP contribution in [0.4, 0.5) is 0 Å². The average molecular weight is 461 g/mol. The van der Waals surface area contributed by atoms with Gasteiger partial charge in [-0.2, -0.15) is 0 Å². The van der Waals surface area contributed by atoms with Gasteiger partial charge in [0.2, 0.25) is 5.91 Å². The van der Waals surface area contributed by atoms with Crippen molar-refractivity contribution >= 4 is 17.6 Å². The quantitative estimate of drug-likeness (QED) is 0.324. The van der Waals surface area contributed by atoms with Crippen LogP contribution >= 0.6 is 0 Å². The van der Waals surface area contributed by atoms with Crippen LogP contribution in [0.3, 0.4) is 0 Å². The number of hydrogen-bond acceptors (Lipinski definition) is 6. The fraction of sp³-hybridized carbons (Fsp3) is 0.720. The van der Waals surface area contributed by atoms with Crippen molar-refractivity contribution < 1.29 is 19.1 Å². The van der Waals surface area contributed by atoms with E-state index in [2.05, 4.69) is 10.6 Å². The number of nitrogens with zero attached hydrogens (tertiary/aromatic N) is 1. The Labute approximate surface area is 197 Å². The predicted molar refractivity (Wildman–Crippen MR) is 128 cm³/mol. The Bertz CT molecular complexity index is 764. The molecule has 0 spiro atoms. The number of ether oxygens (including phenoxy) is 2. The minimum atomic E-state index is -0.601. The van der Waals surface area contributed by atoms with Gasteiger partial charge in [-0.3, -0.25) is 15.0 Å². The second kappa shape index (κ2) is 11.7. The second-order valence-electron chi connectivity index (χ2n) is 10.1. The highest BCUT2D eigenvalue weighted by molar-refractivity contribution is 6.05. The van der Waals surface area contributed by atoms with Gasteiger partial charge < -0.3 is 25.0 Å². The first-order valence-electron chi connectivity index (χ1n) is 12.3. The third kappa shape index (κ3) is 7.59. The summed E-state index contributed by atoms with van der Waals surface area (Å²) >= 11 is 0. The monoisotopic (exact) mass is 460 g/mol. The molecule has 3 aliphatic rings. The summed E-state index contributed by atoms with van der Waals surface area (Å²) < 4.78 is 11.4. The molecular weight excluding hydrogens is 420 g/mol. The van der Waals surface area contributed by atoms with Crippen LogP contribution in [0.1, 0.15) is 71.6 Å². The van der Waals surface area contributed by atoms with Gasteiger partial charge in [-0.1, -0.05) is 25.7 Å². The minimum Gasteiger partial charge on any atom is -0.493 e. The van der Waals surface area contributed by atoms with Crippen LogP contribution in [0.5, 0.6) is 0 Å². The van der Waals surface area contributed by atoms with Crippen LogP contribution in [-0.4, -0.2) is 60.5 Å². The fourth-order valence-corrected chi connectivity index (χ4v) is 4.78. The topological polar surface area (TPSA) is 104 Å². The molecule has 1 heterocycles. The standard InChI is InChI=1S/C25H40N4O4/c1-25(2,32-3)17-27-13-12-22(26)28-24(31)21(14-18-8-4-5-9-18)29-16-20(15-23(29)30)33-19-10-6-7-11-19/h12-13,15,18-19,21,27H,4-11,14,16-17H2,1-3H3,(H2,26,28,31)/b13-12-/t21-/m0/s1. The molecule has 2 saturated carbocycles. The van der Waals surface area contributed by atoms with E-state index in [1.165, 1.54) is 18.9 Å². The van der Waals surface area contributed by atoms with E-state index in [-0.39, 0.29) is 29.4 Å². The number of carbonyl (C=O) groups excluding carboxylic acids is 2. The maximum Gasteiger partial charge on any atom is 0.251 e. The molecule has 2 fully saturated rings. The fourth-order valence-electron chi connectivity index (χ4n) is 4.78. The molecule has 8 heteroatoms. The van der Waals surface area contributed by atoms with E-state index in [9.17, 15) is 9.59 Å². The maximum atomic E-state index is 13.2. The molecule has 0 aromatic rings. The first kappa shape index (κ1) is 25.3. The van der Waals surface area contributed by atoms with Crippen molar-refractivity contribution in [1.82, 2.24) is 15.5 Å². The van der Waals surface area contributed by atoms with Gasteiger partial charge in [0, 0.05) is 25.9 Å². The average Bonchev–Trinajstić information content (AvgIpc) is 3.53. The molecular formula is C25H40N4O4. The molecule has 8 nitrogen and oxygen atoms in total. The van der Waals surface area contributed by atoms with Crippen molar-refractivity contribution in [2.75, 3.05) is 20.2 Å². The summed E-state index contributed by atoms with van der Waals surface area (Å²) in [5.41, 5.74) is -0.330. The summed E-state index contributed by atoms with van der Waals surface area (Å²) in [6.45, 7) is 4.82. The van der Waals surface area contributed by atoms with E-state index in [1.54, 1.807) is 24.3 Å². The highest BCUT2D eigenvalue weighted by atomic mass is 16.5. The van der Waals surface area contributed by atoms with E-state index in [0.29, 0.717) is 31.2 Å². The second-order valence-corrected chi connectivity index (χ2v) is 10.1. The number of nitrogens with one attached hydrogen (secondary N) is 3. The summed E-state index contributed by atoms with van der Waals surface area (Å²) in [5, 5.41) is 13.9. The Hall–Kier alpha value is -2.35. The molecule has 0 unspecified atom stereocenters. The van der Waals surface area contributed by atoms with Crippen LogP contribution in [0.25, 0.3) is 0 Å². The number of methoxy groups -OCH3 is 1. The van der Waals surface area contributed by atoms with Crippen molar-refractivity contribution in [3.63, 3.8) is 0 Å². The number of rotatable bonds is 11. The highest BCUT2D eigenvalue weighted by Gasteiger charge is 2.37. The van der Waals surface area contributed by atoms with Gasteiger partial charge in [0.05, 0.1) is 18.2 Å². The first-order chi connectivity index (χ1) is 15.8. The van der Waals surface area contributed by atoms with Crippen molar-refractivity contribution in [3.8, 4) is 0 Å². The zero-order valence-corrected chi connectivity index (χ0v) is 20.3. The normalized spacial score (nSPS) is 21.0. The molecule has 184 valence electrons. The Balaban J connectivity index is 1.58. The number of amides is 2. The molecule has 3 rings (SSSR count). The van der Waals surface area contributed by atoms with Crippen molar-refractivity contribution in [1.29, 1.82) is 5.41 Å². The van der Waals surface area contributed by atoms with Gasteiger partial charge in [0.25, 0.3) is 5.91 Å². The lowest BCUT2D eigenvalue weighted by Crippen LogP contribution is -2.50. The minimum absolute atomic E-state index is 0.0128. The Morgan fingerprint density at radius 1 is 1.24 bits per heavy atom. The van der Waals surface area contributed by atoms with Gasteiger partial charge in [0.1, 0.15) is 17.6 Å². The lowest BCUT2D eigenvalue weighted by atomic mass is 9.96. The van der Waals surface area contributed by atoms with Gasteiger partial charge in [-0.15, -0.1) is 0 Å². The largest absolute Gasteiger partial charge is 0.493 e. The molecule has 2 amide bonds. The zero-order chi connectivity index (χ0) is 23.8. The van der Waals surface area contributed by atoms with Gasteiger partial charge >= 0.3 is 0 Å². The molecule has 3 N–H and O–H groups in total. The molecule has 2 aliphatic carbocycles. The molecule has 0 saturated heterocycles. The van der Waals surface area contributed by atoms with Crippen molar-refractivity contribution in [3.05, 3.63) is 24.1 Å². The van der Waals surface area contributed by atoms with Gasteiger partial charge in [0.15, 0.2) is 0 Å². The summed E-state index contributed by atoms with van der Waals surface area (Å²) in [5.74, 6) is 0.595. The van der Waals surface area contributed by atoms with E-state index < -0.39 is 6.04 Å². The smallest absolute Gasteiger partial charge is 0.251 e. The zero-order valence-electron chi connectivity index (χ0n) is 20.3. The van der Waals surface area contributed by atoms with E-state index in [1.807, 2.05) is 13.8 Å². The van der Waals surface area contributed by atoms with E-state index >= 15 is 0 Å². The Morgan fingerprint density at radius 3 is 2.58 bits per heavy atom. The van der Waals surface area contributed by atoms with Crippen LogP contribution in [-0.2, 0) is 19.1 Å². The van der Waals surface area contributed by atoms with Crippen LogP contribution < -0.4 is 10.6 Å². The summed E-state index contributed by atoms with van der Waals surface area (Å²) in [7, 11) is 1.65. The molecule has 0 aromatic heterocycles. The third-order valence-corrected chi connectivity index (χ3v) is 6.93. The van der Waals surface area contributed by atoms with Crippen molar-refractivity contribution in [2.24, 2.45) is 5.92 Å². The SMILES string of the molecule is COC(C)(C)CN/C=C\C(=N)NC(=O)[C@H](CC1CCCC1)N1CC(OC2CCCC2)=CC1=O. The third-order valence-electron chi connectivity index (χ3n) is 6.93. The maximum absolute atomic E-state index is 13.2. The Kier molecular flexibility index (Phi) is 8.95. The lowest BCUT2D eigenvalue weighted by molar-refractivity contribution is -0.135. The summed E-state index contributed by atoms with van der Waals surface area (Å²) in [6.07, 6.45) is 14.4. The lowest BCUT2D eigenvalue weighted by Gasteiger charge is -2.29. The summed E-state index contributed by atoms with van der Waals surface area (Å²) in [6, 6.07) is -0.601. The van der Waals surface area contributed by atoms with Crippen LogP contribution in [0.2, 0.25) is 0 Å². The van der Waals surface area contributed by atoms with Crippen molar-refractivity contribution in [2.45, 2.75) is 89.4 Å². The summed E-state index contributed by atoms with van der Waals surface area (Å²) in [4.78, 5) is 27.6.